The lowest BCUT2D eigenvalue weighted by Crippen LogP contribution is -2.53. The Hall–Kier alpha value is -3.42. The van der Waals surface area contributed by atoms with Gasteiger partial charge >= 0.3 is 6.03 Å². The average Bonchev–Trinajstić information content (AvgIpc) is 3.17. The van der Waals surface area contributed by atoms with Gasteiger partial charge in [0, 0.05) is 37.9 Å². The van der Waals surface area contributed by atoms with Crippen LogP contribution in [0.2, 0.25) is 0 Å². The molecule has 3 amide bonds. The number of imide groups is 1. The van der Waals surface area contributed by atoms with Crippen molar-refractivity contribution in [2.24, 2.45) is 0 Å². The molecular weight excluding hydrogens is 332 g/mol. The van der Waals surface area contributed by atoms with Crippen molar-refractivity contribution in [3.63, 3.8) is 0 Å². The van der Waals surface area contributed by atoms with E-state index in [1.165, 1.54) is 6.33 Å². The normalized spacial score (nSPS) is 14.5. The molecule has 2 N–H and O–H groups in total. The van der Waals surface area contributed by atoms with Crippen LogP contribution in [0.1, 0.15) is 10.4 Å². The zero-order valence-corrected chi connectivity index (χ0v) is 14.1. The number of aromatic nitrogens is 3. The summed E-state index contributed by atoms with van der Waals surface area (Å²) in [7, 11) is 0. The molecule has 1 saturated heterocycles. The molecule has 1 aliphatic rings. The van der Waals surface area contributed by atoms with Crippen LogP contribution in [0.15, 0.2) is 48.9 Å². The number of carbonyl (C=O) groups is 2. The molecule has 0 atom stereocenters. The summed E-state index contributed by atoms with van der Waals surface area (Å²) in [5.41, 5.74) is 1.26. The first kappa shape index (κ1) is 16.1. The molecule has 1 fully saturated rings. The SMILES string of the molecule is O=C(NC(=O)N1CCN(c2ncnc3[nH]ccc23)CC1)c1ccccc1. The highest BCUT2D eigenvalue weighted by atomic mass is 16.2. The number of nitrogens with one attached hydrogen (secondary N) is 2. The number of H-pyrrole nitrogens is 1. The van der Waals surface area contributed by atoms with E-state index in [1.807, 2.05) is 18.3 Å². The Morgan fingerprint density at radius 1 is 1.00 bits per heavy atom. The van der Waals surface area contributed by atoms with Crippen molar-refractivity contribution in [3.8, 4) is 0 Å². The number of urea groups is 1. The van der Waals surface area contributed by atoms with Gasteiger partial charge in [0.15, 0.2) is 0 Å². The second kappa shape index (κ2) is 6.83. The summed E-state index contributed by atoms with van der Waals surface area (Å²) in [6.45, 7) is 2.32. The van der Waals surface area contributed by atoms with Gasteiger partial charge < -0.3 is 14.8 Å². The molecule has 132 valence electrons. The van der Waals surface area contributed by atoms with E-state index in [4.69, 9.17) is 0 Å². The lowest BCUT2D eigenvalue weighted by atomic mass is 10.2. The summed E-state index contributed by atoms with van der Waals surface area (Å²) in [6, 6.07) is 10.3. The van der Waals surface area contributed by atoms with Crippen LogP contribution in [0.4, 0.5) is 10.6 Å². The number of aromatic amines is 1. The molecule has 0 bridgehead atoms. The van der Waals surface area contributed by atoms with Crippen LogP contribution in [0.3, 0.4) is 0 Å². The number of nitrogens with zero attached hydrogens (tertiary/aromatic N) is 4. The van der Waals surface area contributed by atoms with Crippen LogP contribution in [0.5, 0.6) is 0 Å². The van der Waals surface area contributed by atoms with Gasteiger partial charge in [-0.2, -0.15) is 0 Å². The standard InChI is InChI=1S/C18H18N6O2/c25-17(13-4-2-1-3-5-13)22-18(26)24-10-8-23(9-11-24)16-14-6-7-19-15(14)20-12-21-16/h1-7,12H,8-11H2,(H,19,20,21)(H,22,25,26). The molecule has 4 rings (SSSR count). The van der Waals surface area contributed by atoms with Crippen LogP contribution in [0, 0.1) is 0 Å². The van der Waals surface area contributed by atoms with E-state index in [-0.39, 0.29) is 11.9 Å². The van der Waals surface area contributed by atoms with Gasteiger partial charge in [-0.1, -0.05) is 18.2 Å². The van der Waals surface area contributed by atoms with E-state index >= 15 is 0 Å². The molecule has 8 heteroatoms. The average molecular weight is 350 g/mol. The van der Waals surface area contributed by atoms with Crippen molar-refractivity contribution >= 4 is 28.8 Å². The number of fused-ring (bicyclic) bond motifs is 1. The van der Waals surface area contributed by atoms with Crippen LogP contribution >= 0.6 is 0 Å². The van der Waals surface area contributed by atoms with Crippen molar-refractivity contribution in [3.05, 3.63) is 54.5 Å². The maximum atomic E-state index is 12.3. The Balaban J connectivity index is 1.38. The lowest BCUT2D eigenvalue weighted by molar-refractivity contribution is 0.0951. The number of rotatable bonds is 2. The quantitative estimate of drug-likeness (QED) is 0.733. The molecule has 0 aliphatic carbocycles. The molecule has 3 heterocycles. The molecule has 2 aromatic heterocycles. The molecule has 1 aromatic carbocycles. The van der Waals surface area contributed by atoms with E-state index in [1.54, 1.807) is 29.2 Å². The number of anilines is 1. The van der Waals surface area contributed by atoms with E-state index in [0.29, 0.717) is 31.7 Å². The van der Waals surface area contributed by atoms with Gasteiger partial charge in [0.25, 0.3) is 5.91 Å². The highest BCUT2D eigenvalue weighted by molar-refractivity contribution is 6.04. The zero-order chi connectivity index (χ0) is 17.9. The van der Waals surface area contributed by atoms with E-state index < -0.39 is 0 Å². The summed E-state index contributed by atoms with van der Waals surface area (Å²) in [6.07, 6.45) is 3.37. The van der Waals surface area contributed by atoms with Crippen LogP contribution in [-0.2, 0) is 0 Å². The first-order chi connectivity index (χ1) is 12.7. The van der Waals surface area contributed by atoms with Gasteiger partial charge in [0.05, 0.1) is 5.39 Å². The summed E-state index contributed by atoms with van der Waals surface area (Å²) in [4.78, 5) is 39.9. The Kier molecular flexibility index (Phi) is 4.22. The Morgan fingerprint density at radius 3 is 2.54 bits per heavy atom. The topological polar surface area (TPSA) is 94.2 Å². The van der Waals surface area contributed by atoms with Crippen molar-refractivity contribution in [1.29, 1.82) is 0 Å². The maximum absolute atomic E-state index is 12.3. The van der Waals surface area contributed by atoms with Gasteiger partial charge in [0.1, 0.15) is 17.8 Å². The molecular formula is C18H18N6O2. The fraction of sp³-hybridized carbons (Fsp3) is 0.222. The predicted octanol–water partition coefficient (Wildman–Crippen LogP) is 1.63. The summed E-state index contributed by atoms with van der Waals surface area (Å²) < 4.78 is 0. The maximum Gasteiger partial charge on any atom is 0.324 e. The number of piperazine rings is 1. The number of hydrogen-bond acceptors (Lipinski definition) is 5. The van der Waals surface area contributed by atoms with Gasteiger partial charge in [-0.05, 0) is 18.2 Å². The molecule has 0 radical (unpaired) electrons. The van der Waals surface area contributed by atoms with Gasteiger partial charge in [-0.3, -0.25) is 10.1 Å². The highest BCUT2D eigenvalue weighted by Crippen LogP contribution is 2.22. The number of hydrogen-bond donors (Lipinski definition) is 2. The summed E-state index contributed by atoms with van der Waals surface area (Å²) >= 11 is 0. The second-order valence-electron chi connectivity index (χ2n) is 6.04. The lowest BCUT2D eigenvalue weighted by Gasteiger charge is -2.35. The smallest absolute Gasteiger partial charge is 0.324 e. The monoisotopic (exact) mass is 350 g/mol. The molecule has 8 nitrogen and oxygen atoms in total. The Labute approximate surface area is 149 Å². The summed E-state index contributed by atoms with van der Waals surface area (Å²) in [5, 5.41) is 3.41. The number of benzene rings is 1. The molecule has 0 unspecified atom stereocenters. The summed E-state index contributed by atoms with van der Waals surface area (Å²) in [5.74, 6) is 0.472. The van der Waals surface area contributed by atoms with Gasteiger partial charge in [-0.25, -0.2) is 14.8 Å². The van der Waals surface area contributed by atoms with Crippen molar-refractivity contribution in [1.82, 2.24) is 25.2 Å². The molecule has 26 heavy (non-hydrogen) atoms. The van der Waals surface area contributed by atoms with Crippen molar-refractivity contribution in [2.75, 3.05) is 31.1 Å². The first-order valence-corrected chi connectivity index (χ1v) is 8.41. The van der Waals surface area contributed by atoms with E-state index in [2.05, 4.69) is 25.2 Å². The molecule has 0 spiro atoms. The number of carbonyl (C=O) groups excluding carboxylic acids is 2. The fourth-order valence-corrected chi connectivity index (χ4v) is 3.07. The van der Waals surface area contributed by atoms with Gasteiger partial charge in [-0.15, -0.1) is 0 Å². The largest absolute Gasteiger partial charge is 0.352 e. The Bertz CT molecular complexity index is 931. The predicted molar refractivity (Wildman–Crippen MR) is 97.0 cm³/mol. The zero-order valence-electron chi connectivity index (χ0n) is 14.1. The highest BCUT2D eigenvalue weighted by Gasteiger charge is 2.24. The van der Waals surface area contributed by atoms with Crippen molar-refractivity contribution in [2.45, 2.75) is 0 Å². The minimum absolute atomic E-state index is 0.368. The number of amides is 3. The third-order valence-corrected chi connectivity index (χ3v) is 4.46. The fourth-order valence-electron chi connectivity index (χ4n) is 3.07. The van der Waals surface area contributed by atoms with Crippen LogP contribution < -0.4 is 10.2 Å². The van der Waals surface area contributed by atoms with Crippen LogP contribution in [-0.4, -0.2) is 58.0 Å². The molecule has 1 aliphatic heterocycles. The molecule has 0 saturated carbocycles. The van der Waals surface area contributed by atoms with Gasteiger partial charge in [0.2, 0.25) is 0 Å². The van der Waals surface area contributed by atoms with Crippen molar-refractivity contribution < 1.29 is 9.59 Å². The third kappa shape index (κ3) is 3.08. The third-order valence-electron chi connectivity index (χ3n) is 4.46. The Morgan fingerprint density at radius 2 is 1.77 bits per heavy atom. The minimum atomic E-state index is -0.386. The first-order valence-electron chi connectivity index (χ1n) is 8.41. The van der Waals surface area contributed by atoms with E-state index in [0.717, 1.165) is 16.9 Å². The van der Waals surface area contributed by atoms with E-state index in [9.17, 15) is 9.59 Å². The second-order valence-corrected chi connectivity index (χ2v) is 6.04. The molecule has 3 aromatic rings. The minimum Gasteiger partial charge on any atom is -0.352 e. The van der Waals surface area contributed by atoms with Crippen LogP contribution in [0.25, 0.3) is 11.0 Å².